The van der Waals surface area contributed by atoms with Gasteiger partial charge in [-0.1, -0.05) is 30.3 Å². The van der Waals surface area contributed by atoms with E-state index in [-0.39, 0.29) is 11.3 Å². The predicted molar refractivity (Wildman–Crippen MR) is 131 cm³/mol. The highest BCUT2D eigenvalue weighted by atomic mass is 16.6. The number of rotatable bonds is 5. The Labute approximate surface area is 203 Å². The minimum atomic E-state index is -0.819. The van der Waals surface area contributed by atoms with Gasteiger partial charge >= 0.3 is 0 Å². The van der Waals surface area contributed by atoms with Crippen molar-refractivity contribution in [3.63, 3.8) is 0 Å². The number of hydrogen-bond donors (Lipinski definition) is 1. The molecule has 0 aliphatic carbocycles. The maximum atomic E-state index is 13.4. The molecule has 1 amide bonds. The molecule has 3 aromatic rings. The molecule has 2 aliphatic rings. The Balaban J connectivity index is 1.68. The minimum absolute atomic E-state index is 0.0130. The molecule has 0 spiro atoms. The number of carbonyl (C=O) groups is 2. The second-order valence-corrected chi connectivity index (χ2v) is 8.32. The van der Waals surface area contributed by atoms with Gasteiger partial charge in [-0.3, -0.25) is 14.5 Å². The summed E-state index contributed by atoms with van der Waals surface area (Å²) >= 11 is 0. The third-order valence-electron chi connectivity index (χ3n) is 6.14. The van der Waals surface area contributed by atoms with Crippen LogP contribution in [0.1, 0.15) is 29.7 Å². The van der Waals surface area contributed by atoms with Gasteiger partial charge in [0.05, 0.1) is 18.2 Å². The molecule has 1 atom stereocenters. The van der Waals surface area contributed by atoms with Gasteiger partial charge in [0.1, 0.15) is 24.7 Å². The highest BCUT2D eigenvalue weighted by Crippen LogP contribution is 2.44. The second-order valence-electron chi connectivity index (χ2n) is 8.32. The van der Waals surface area contributed by atoms with Crippen LogP contribution in [0.15, 0.2) is 72.3 Å². The lowest BCUT2D eigenvalue weighted by molar-refractivity contribution is -0.132. The fourth-order valence-electron chi connectivity index (χ4n) is 4.49. The Morgan fingerprint density at radius 2 is 1.71 bits per heavy atom. The van der Waals surface area contributed by atoms with E-state index >= 15 is 0 Å². The number of ether oxygens (including phenoxy) is 3. The van der Waals surface area contributed by atoms with Crippen molar-refractivity contribution in [3.05, 3.63) is 89.0 Å². The van der Waals surface area contributed by atoms with E-state index in [4.69, 9.17) is 14.2 Å². The van der Waals surface area contributed by atoms with Gasteiger partial charge in [-0.05, 0) is 61.4 Å². The molecule has 0 bridgehead atoms. The molecule has 3 aromatic carbocycles. The van der Waals surface area contributed by atoms with Gasteiger partial charge in [0.15, 0.2) is 11.5 Å². The molecule has 2 aliphatic heterocycles. The van der Waals surface area contributed by atoms with Crippen LogP contribution in [-0.4, -0.2) is 36.6 Å². The van der Waals surface area contributed by atoms with Crippen LogP contribution in [0.4, 0.5) is 5.69 Å². The first-order valence-electron chi connectivity index (χ1n) is 11.5. The summed E-state index contributed by atoms with van der Waals surface area (Å²) in [6, 6.07) is 18.7. The number of aliphatic hydroxyl groups is 1. The van der Waals surface area contributed by atoms with Crippen LogP contribution >= 0.6 is 0 Å². The van der Waals surface area contributed by atoms with Gasteiger partial charge in [-0.15, -0.1) is 0 Å². The summed E-state index contributed by atoms with van der Waals surface area (Å²) in [7, 11) is 0. The number of aryl methyl sites for hydroxylation is 1. The monoisotopic (exact) mass is 471 g/mol. The SMILES string of the molecule is CCOc1ccc(C2/C(=C(/O)c3ccc4c(c3)OCCO4)C(=O)C(=O)N2c2ccccc2C)cc1. The number of benzene rings is 3. The van der Waals surface area contributed by atoms with Crippen LogP contribution in [-0.2, 0) is 9.59 Å². The van der Waals surface area contributed by atoms with E-state index in [1.807, 2.05) is 44.2 Å². The number of carbonyl (C=O) groups excluding carboxylic acids is 2. The molecule has 0 saturated carbocycles. The quantitative estimate of drug-likeness (QED) is 0.327. The highest BCUT2D eigenvalue weighted by molar-refractivity contribution is 6.51. The van der Waals surface area contributed by atoms with Gasteiger partial charge in [-0.2, -0.15) is 0 Å². The third kappa shape index (κ3) is 3.99. The van der Waals surface area contributed by atoms with Crippen molar-refractivity contribution in [1.29, 1.82) is 0 Å². The summed E-state index contributed by atoms with van der Waals surface area (Å²) in [4.78, 5) is 28.2. The average Bonchev–Trinajstić information content (AvgIpc) is 3.14. The van der Waals surface area contributed by atoms with E-state index in [1.54, 1.807) is 36.4 Å². The molecule has 5 rings (SSSR count). The first-order valence-corrected chi connectivity index (χ1v) is 11.5. The number of aliphatic hydroxyl groups excluding tert-OH is 1. The van der Waals surface area contributed by atoms with E-state index in [9.17, 15) is 14.7 Å². The van der Waals surface area contributed by atoms with Gasteiger partial charge in [0.25, 0.3) is 11.7 Å². The Kier molecular flexibility index (Phi) is 5.91. The van der Waals surface area contributed by atoms with Crippen molar-refractivity contribution in [2.24, 2.45) is 0 Å². The molecule has 1 unspecified atom stereocenters. The molecule has 178 valence electrons. The van der Waals surface area contributed by atoms with Gasteiger partial charge in [0, 0.05) is 11.3 Å². The molecule has 7 heteroatoms. The fourth-order valence-corrected chi connectivity index (χ4v) is 4.49. The molecular formula is C28H25NO6. The Morgan fingerprint density at radius 1 is 1.00 bits per heavy atom. The standard InChI is InChI=1S/C28H25NO6/c1-3-33-20-11-8-18(9-12-20)25-24(26(30)19-10-13-22-23(16-19)35-15-14-34-22)27(31)28(32)29(25)21-7-5-4-6-17(21)2/h4-13,16,25,30H,3,14-15H2,1-2H3/b26-24-. The van der Waals surface area contributed by atoms with Crippen LogP contribution in [0.3, 0.4) is 0 Å². The lowest BCUT2D eigenvalue weighted by Gasteiger charge is -2.27. The maximum Gasteiger partial charge on any atom is 0.300 e. The smallest absolute Gasteiger partial charge is 0.300 e. The van der Waals surface area contributed by atoms with Crippen molar-refractivity contribution < 1.29 is 28.9 Å². The van der Waals surface area contributed by atoms with E-state index in [0.717, 1.165) is 5.56 Å². The average molecular weight is 472 g/mol. The van der Waals surface area contributed by atoms with Crippen molar-refractivity contribution in [2.45, 2.75) is 19.9 Å². The summed E-state index contributed by atoms with van der Waals surface area (Å²) in [5, 5.41) is 11.4. The molecule has 0 aromatic heterocycles. The first kappa shape index (κ1) is 22.5. The summed E-state index contributed by atoms with van der Waals surface area (Å²) in [6.07, 6.45) is 0. The fraction of sp³-hybridized carbons (Fsp3) is 0.214. The Morgan fingerprint density at radius 3 is 2.43 bits per heavy atom. The third-order valence-corrected chi connectivity index (χ3v) is 6.14. The zero-order chi connectivity index (χ0) is 24.5. The molecule has 2 heterocycles. The number of anilines is 1. The molecule has 7 nitrogen and oxygen atoms in total. The van der Waals surface area contributed by atoms with E-state index in [0.29, 0.717) is 53.9 Å². The largest absolute Gasteiger partial charge is 0.507 e. The predicted octanol–water partition coefficient (Wildman–Crippen LogP) is 4.79. The van der Waals surface area contributed by atoms with Crippen molar-refractivity contribution in [2.75, 3.05) is 24.7 Å². The van der Waals surface area contributed by atoms with Crippen molar-refractivity contribution in [3.8, 4) is 17.2 Å². The van der Waals surface area contributed by atoms with Crippen molar-refractivity contribution in [1.82, 2.24) is 0 Å². The molecule has 1 fully saturated rings. The lowest BCUT2D eigenvalue weighted by Crippen LogP contribution is -2.30. The number of nitrogens with zero attached hydrogens (tertiary/aromatic N) is 1. The van der Waals surface area contributed by atoms with Gasteiger partial charge < -0.3 is 19.3 Å². The summed E-state index contributed by atoms with van der Waals surface area (Å²) in [5.74, 6) is 0.00491. The summed E-state index contributed by atoms with van der Waals surface area (Å²) < 4.78 is 16.8. The topological polar surface area (TPSA) is 85.3 Å². The van der Waals surface area contributed by atoms with E-state index < -0.39 is 17.7 Å². The minimum Gasteiger partial charge on any atom is -0.507 e. The Hall–Kier alpha value is -4.26. The molecule has 1 N–H and O–H groups in total. The number of hydrogen-bond acceptors (Lipinski definition) is 6. The normalized spacial score (nSPS) is 18.6. The summed E-state index contributed by atoms with van der Waals surface area (Å²) in [6.45, 7) is 5.13. The number of para-hydroxylation sites is 1. The molecule has 0 radical (unpaired) electrons. The van der Waals surface area contributed by atoms with Crippen LogP contribution in [0.25, 0.3) is 5.76 Å². The number of amides is 1. The van der Waals surface area contributed by atoms with Crippen molar-refractivity contribution >= 4 is 23.1 Å². The van der Waals surface area contributed by atoms with Crippen LogP contribution in [0, 0.1) is 6.92 Å². The maximum absolute atomic E-state index is 13.4. The van der Waals surface area contributed by atoms with Crippen LogP contribution in [0.5, 0.6) is 17.2 Å². The van der Waals surface area contributed by atoms with E-state index in [2.05, 4.69) is 0 Å². The van der Waals surface area contributed by atoms with Crippen LogP contribution in [0.2, 0.25) is 0 Å². The zero-order valence-corrected chi connectivity index (χ0v) is 19.5. The second kappa shape index (κ2) is 9.18. The number of fused-ring (bicyclic) bond motifs is 1. The van der Waals surface area contributed by atoms with Gasteiger partial charge in [-0.25, -0.2) is 0 Å². The molecule has 1 saturated heterocycles. The Bertz CT molecular complexity index is 1330. The first-order chi connectivity index (χ1) is 17.0. The summed E-state index contributed by atoms with van der Waals surface area (Å²) in [5.41, 5.74) is 2.50. The molecular weight excluding hydrogens is 446 g/mol. The van der Waals surface area contributed by atoms with Gasteiger partial charge in [0.2, 0.25) is 0 Å². The number of Topliss-reactive ketones (excluding diaryl/α,β-unsaturated/α-hetero) is 1. The van der Waals surface area contributed by atoms with E-state index in [1.165, 1.54) is 4.90 Å². The molecule has 35 heavy (non-hydrogen) atoms. The zero-order valence-electron chi connectivity index (χ0n) is 19.5. The lowest BCUT2D eigenvalue weighted by atomic mass is 9.94. The highest BCUT2D eigenvalue weighted by Gasteiger charge is 2.47. The number of ketones is 1. The van der Waals surface area contributed by atoms with Crippen LogP contribution < -0.4 is 19.1 Å².